The summed E-state index contributed by atoms with van der Waals surface area (Å²) in [7, 11) is 0. The number of carbonyl (C=O) groups excluding carboxylic acids is 3. The van der Waals surface area contributed by atoms with Gasteiger partial charge in [-0.1, -0.05) is 11.6 Å². The minimum absolute atomic E-state index is 0.0281. The smallest absolute Gasteiger partial charge is 0.306 e. The van der Waals surface area contributed by atoms with E-state index in [1.807, 2.05) is 13.0 Å². The lowest BCUT2D eigenvalue weighted by Gasteiger charge is -2.07. The molecule has 0 fully saturated rings. The van der Waals surface area contributed by atoms with Gasteiger partial charge in [0, 0.05) is 17.7 Å². The summed E-state index contributed by atoms with van der Waals surface area (Å²) in [4.78, 5) is 35.8. The molecule has 0 aliphatic heterocycles. The van der Waals surface area contributed by atoms with Gasteiger partial charge >= 0.3 is 5.97 Å². The van der Waals surface area contributed by atoms with Gasteiger partial charge in [-0.05, 0) is 49.4 Å². The number of amides is 1. The maximum atomic E-state index is 12.1. The van der Waals surface area contributed by atoms with Crippen molar-refractivity contribution in [3.05, 3.63) is 58.6 Å². The Morgan fingerprint density at radius 3 is 2.45 bits per heavy atom. The third kappa shape index (κ3) is 6.94. The van der Waals surface area contributed by atoms with Crippen molar-refractivity contribution in [2.75, 3.05) is 18.5 Å². The van der Waals surface area contributed by atoms with Crippen LogP contribution in [-0.4, -0.2) is 30.9 Å². The van der Waals surface area contributed by atoms with Gasteiger partial charge in [0.1, 0.15) is 11.8 Å². The molecule has 8 heteroatoms. The molecule has 1 N–H and O–H groups in total. The van der Waals surface area contributed by atoms with Gasteiger partial charge in [-0.15, -0.1) is 0 Å². The molecule has 0 aliphatic carbocycles. The van der Waals surface area contributed by atoms with Crippen molar-refractivity contribution in [2.45, 2.75) is 19.8 Å². The Kier molecular flexibility index (Phi) is 8.19. The summed E-state index contributed by atoms with van der Waals surface area (Å²) >= 11 is 5.89. The molecule has 150 valence electrons. The summed E-state index contributed by atoms with van der Waals surface area (Å²) < 4.78 is 10.2. The molecule has 7 nitrogen and oxygen atoms in total. The average Bonchev–Trinajstić information content (AvgIpc) is 2.71. The van der Waals surface area contributed by atoms with Gasteiger partial charge in [-0.25, -0.2) is 0 Å². The largest absolute Gasteiger partial charge is 0.494 e. The molecular formula is C21H19ClN2O5. The minimum atomic E-state index is -0.655. The van der Waals surface area contributed by atoms with Crippen LogP contribution in [-0.2, 0) is 14.3 Å². The van der Waals surface area contributed by atoms with Gasteiger partial charge in [0.05, 0.1) is 23.6 Å². The number of Topliss-reactive ketones (excluding diaryl/α,β-unsaturated/α-hetero) is 1. The predicted molar refractivity (Wildman–Crippen MR) is 107 cm³/mol. The Bertz CT molecular complexity index is 935. The van der Waals surface area contributed by atoms with Crippen LogP contribution in [0, 0.1) is 11.3 Å². The van der Waals surface area contributed by atoms with E-state index in [0.29, 0.717) is 23.6 Å². The van der Waals surface area contributed by atoms with Crippen LogP contribution in [0.4, 0.5) is 5.69 Å². The molecule has 0 aromatic heterocycles. The highest BCUT2D eigenvalue weighted by molar-refractivity contribution is 6.32. The number of anilines is 1. The first-order chi connectivity index (χ1) is 13.9. The standard InChI is InChI=1S/C21H19ClN2O5/c1-2-28-17-7-4-14(5-8-17)19(25)9-10-21(27)29-13-20(26)24-16-6-3-15(12-23)18(22)11-16/h3-8,11H,2,9-10,13H2,1H3,(H,24,26). The Morgan fingerprint density at radius 2 is 1.83 bits per heavy atom. The van der Waals surface area contributed by atoms with Gasteiger partial charge in [0.25, 0.3) is 5.91 Å². The zero-order valence-corrected chi connectivity index (χ0v) is 16.5. The molecule has 0 radical (unpaired) electrons. The van der Waals surface area contributed by atoms with E-state index in [-0.39, 0.29) is 29.2 Å². The molecular weight excluding hydrogens is 396 g/mol. The fourth-order valence-corrected chi connectivity index (χ4v) is 2.59. The van der Waals surface area contributed by atoms with Crippen LogP contribution >= 0.6 is 11.6 Å². The topological polar surface area (TPSA) is 105 Å². The lowest BCUT2D eigenvalue weighted by Crippen LogP contribution is -2.21. The fraction of sp³-hybridized carbons (Fsp3) is 0.238. The number of hydrogen-bond donors (Lipinski definition) is 1. The molecule has 0 unspecified atom stereocenters. The van der Waals surface area contributed by atoms with Crippen molar-refractivity contribution < 1.29 is 23.9 Å². The molecule has 2 rings (SSSR count). The second kappa shape index (κ2) is 10.8. The highest BCUT2D eigenvalue weighted by atomic mass is 35.5. The number of hydrogen-bond acceptors (Lipinski definition) is 6. The second-order valence-corrected chi connectivity index (χ2v) is 6.30. The number of nitrogens with one attached hydrogen (secondary N) is 1. The Labute approximate surface area is 173 Å². The Balaban J connectivity index is 1.74. The predicted octanol–water partition coefficient (Wildman–Crippen LogP) is 3.76. The number of carbonyl (C=O) groups is 3. The maximum absolute atomic E-state index is 12.1. The lowest BCUT2D eigenvalue weighted by atomic mass is 10.1. The van der Waals surface area contributed by atoms with Crippen LogP contribution in [0.3, 0.4) is 0 Å². The van der Waals surface area contributed by atoms with Gasteiger partial charge in [-0.2, -0.15) is 5.26 Å². The molecule has 0 heterocycles. The highest BCUT2D eigenvalue weighted by Crippen LogP contribution is 2.20. The average molecular weight is 415 g/mol. The molecule has 0 bridgehead atoms. The van der Waals surface area contributed by atoms with E-state index in [4.69, 9.17) is 26.3 Å². The van der Waals surface area contributed by atoms with Crippen LogP contribution in [0.1, 0.15) is 35.7 Å². The van der Waals surface area contributed by atoms with E-state index in [1.54, 1.807) is 24.3 Å². The molecule has 29 heavy (non-hydrogen) atoms. The van der Waals surface area contributed by atoms with E-state index in [0.717, 1.165) is 0 Å². The molecule has 2 aromatic carbocycles. The molecule has 0 spiro atoms. The second-order valence-electron chi connectivity index (χ2n) is 5.90. The third-order valence-corrected chi connectivity index (χ3v) is 4.09. The van der Waals surface area contributed by atoms with E-state index >= 15 is 0 Å². The first-order valence-electron chi connectivity index (χ1n) is 8.84. The zero-order chi connectivity index (χ0) is 21.2. The Hall–Kier alpha value is -3.37. The third-order valence-electron chi connectivity index (χ3n) is 3.78. The van der Waals surface area contributed by atoms with Crippen LogP contribution in [0.25, 0.3) is 0 Å². The number of ether oxygens (including phenoxy) is 2. The number of ketones is 1. The summed E-state index contributed by atoms with van der Waals surface area (Å²) in [5.74, 6) is -0.756. The van der Waals surface area contributed by atoms with Crippen molar-refractivity contribution in [3.63, 3.8) is 0 Å². The van der Waals surface area contributed by atoms with Crippen LogP contribution in [0.5, 0.6) is 5.75 Å². The van der Waals surface area contributed by atoms with Gasteiger partial charge in [0.15, 0.2) is 12.4 Å². The summed E-state index contributed by atoms with van der Waals surface area (Å²) in [6.45, 7) is 1.91. The summed E-state index contributed by atoms with van der Waals surface area (Å²) in [6.07, 6.45) is -0.165. The van der Waals surface area contributed by atoms with E-state index in [2.05, 4.69) is 5.32 Å². The van der Waals surface area contributed by atoms with Gasteiger partial charge in [0.2, 0.25) is 0 Å². The first kappa shape index (κ1) is 21.9. The molecule has 0 aliphatic rings. The molecule has 0 saturated heterocycles. The number of nitriles is 1. The van der Waals surface area contributed by atoms with E-state index in [1.165, 1.54) is 18.2 Å². The fourth-order valence-electron chi connectivity index (χ4n) is 2.36. The van der Waals surface area contributed by atoms with E-state index < -0.39 is 18.5 Å². The first-order valence-corrected chi connectivity index (χ1v) is 9.22. The normalized spacial score (nSPS) is 9.97. The molecule has 2 aromatic rings. The van der Waals surface area contributed by atoms with Crippen LogP contribution in [0.2, 0.25) is 5.02 Å². The molecule has 1 amide bonds. The molecule has 0 atom stereocenters. The van der Waals surface area contributed by atoms with Crippen molar-refractivity contribution in [1.82, 2.24) is 0 Å². The van der Waals surface area contributed by atoms with Crippen molar-refractivity contribution >= 4 is 34.9 Å². The Morgan fingerprint density at radius 1 is 1.10 bits per heavy atom. The minimum Gasteiger partial charge on any atom is -0.494 e. The van der Waals surface area contributed by atoms with Crippen molar-refractivity contribution in [2.24, 2.45) is 0 Å². The van der Waals surface area contributed by atoms with Crippen LogP contribution in [0.15, 0.2) is 42.5 Å². The van der Waals surface area contributed by atoms with Crippen molar-refractivity contribution in [3.8, 4) is 11.8 Å². The van der Waals surface area contributed by atoms with Crippen molar-refractivity contribution in [1.29, 1.82) is 5.26 Å². The van der Waals surface area contributed by atoms with Gasteiger partial charge in [-0.3, -0.25) is 14.4 Å². The SMILES string of the molecule is CCOc1ccc(C(=O)CCC(=O)OCC(=O)Nc2ccc(C#N)c(Cl)c2)cc1. The quantitative estimate of drug-likeness (QED) is 0.494. The number of rotatable bonds is 9. The van der Waals surface area contributed by atoms with E-state index in [9.17, 15) is 14.4 Å². The summed E-state index contributed by atoms with van der Waals surface area (Å²) in [5, 5.41) is 11.5. The zero-order valence-electron chi connectivity index (χ0n) is 15.7. The number of benzene rings is 2. The number of halogens is 1. The lowest BCUT2D eigenvalue weighted by molar-refractivity contribution is -0.147. The van der Waals surface area contributed by atoms with Crippen LogP contribution < -0.4 is 10.1 Å². The maximum Gasteiger partial charge on any atom is 0.306 e. The molecule has 0 saturated carbocycles. The number of nitrogens with zero attached hydrogens (tertiary/aromatic N) is 1. The number of esters is 1. The highest BCUT2D eigenvalue weighted by Gasteiger charge is 2.13. The monoisotopic (exact) mass is 414 g/mol. The van der Waals surface area contributed by atoms with Gasteiger partial charge < -0.3 is 14.8 Å². The summed E-state index contributed by atoms with van der Waals surface area (Å²) in [5.41, 5.74) is 1.13. The summed E-state index contributed by atoms with van der Waals surface area (Å²) in [6, 6.07) is 13.0.